The van der Waals surface area contributed by atoms with Gasteiger partial charge in [-0.15, -0.1) is 0 Å². The first-order valence-corrected chi connectivity index (χ1v) is 5.46. The van der Waals surface area contributed by atoms with Crippen molar-refractivity contribution in [1.29, 1.82) is 0 Å². The summed E-state index contributed by atoms with van der Waals surface area (Å²) in [6.07, 6.45) is 0.651. The minimum absolute atomic E-state index is 0.0211. The van der Waals surface area contributed by atoms with E-state index in [4.69, 9.17) is 17.3 Å². The normalized spacial score (nSPS) is 12.9. The fourth-order valence-electron chi connectivity index (χ4n) is 1.73. The minimum atomic E-state index is 0.0211. The summed E-state index contributed by atoms with van der Waals surface area (Å²) in [4.78, 5) is 0. The van der Waals surface area contributed by atoms with Crippen molar-refractivity contribution >= 4 is 11.6 Å². The van der Waals surface area contributed by atoms with Crippen LogP contribution in [0.5, 0.6) is 5.75 Å². The quantitative estimate of drug-likeness (QED) is 0.816. The van der Waals surface area contributed by atoms with E-state index < -0.39 is 0 Å². The number of nitrogens with two attached hydrogens (primary N) is 1. The number of phenols is 1. The Morgan fingerprint density at radius 1 is 1.20 bits per heavy atom. The molecule has 3 heteroatoms. The van der Waals surface area contributed by atoms with Crippen molar-refractivity contribution in [3.63, 3.8) is 0 Å². The van der Waals surface area contributed by atoms with Gasteiger partial charge in [0.25, 0.3) is 0 Å². The highest BCUT2D eigenvalue weighted by Crippen LogP contribution is 2.35. The van der Waals surface area contributed by atoms with Crippen LogP contribution in [0.4, 0.5) is 0 Å². The minimum Gasteiger partial charge on any atom is -0.507 e. The fraction of sp³-hybridized carbons (Fsp3) is 0.500. The lowest BCUT2D eigenvalue weighted by Gasteiger charge is -2.17. The predicted molar refractivity (Wildman–Crippen MR) is 64.7 cm³/mol. The summed E-state index contributed by atoms with van der Waals surface area (Å²) in [6.45, 7) is 7.63. The van der Waals surface area contributed by atoms with Crippen LogP contribution in [0, 0.1) is 20.8 Å². The molecule has 0 fully saturated rings. The van der Waals surface area contributed by atoms with Crippen LogP contribution in [0.15, 0.2) is 0 Å². The molecule has 0 aliphatic heterocycles. The van der Waals surface area contributed by atoms with Crippen LogP contribution in [-0.2, 0) is 6.42 Å². The number of phenolic OH excluding ortho intramolecular Hbond substituents is 1. The van der Waals surface area contributed by atoms with Crippen molar-refractivity contribution in [2.75, 3.05) is 0 Å². The lowest BCUT2D eigenvalue weighted by molar-refractivity contribution is 0.460. The molecule has 0 bridgehead atoms. The van der Waals surface area contributed by atoms with E-state index in [1.807, 2.05) is 27.7 Å². The SMILES string of the molecule is Cc1c(C)c(Cl)c(C)c(CC(C)N)c1O. The standard InChI is InChI=1S/C12H18ClNO/c1-6(14)5-10-9(4)11(13)7(2)8(3)12(10)15/h6,15H,5,14H2,1-4H3. The molecule has 1 aromatic carbocycles. The summed E-state index contributed by atoms with van der Waals surface area (Å²) >= 11 is 6.19. The van der Waals surface area contributed by atoms with E-state index in [0.29, 0.717) is 12.2 Å². The molecule has 0 aliphatic carbocycles. The van der Waals surface area contributed by atoms with Crippen LogP contribution in [0.1, 0.15) is 29.2 Å². The summed E-state index contributed by atoms with van der Waals surface area (Å²) in [7, 11) is 0. The second-order valence-electron chi connectivity index (χ2n) is 4.20. The fourth-order valence-corrected chi connectivity index (χ4v) is 1.99. The molecule has 1 unspecified atom stereocenters. The van der Waals surface area contributed by atoms with Gasteiger partial charge in [-0.25, -0.2) is 0 Å². The Kier molecular flexibility index (Phi) is 3.63. The predicted octanol–water partition coefficient (Wildman–Crippen LogP) is 2.86. The molecule has 0 aliphatic rings. The van der Waals surface area contributed by atoms with Crippen LogP contribution in [0.3, 0.4) is 0 Å². The van der Waals surface area contributed by atoms with Crippen LogP contribution in [-0.4, -0.2) is 11.1 Å². The summed E-state index contributed by atoms with van der Waals surface area (Å²) in [5.74, 6) is 0.340. The Balaban J connectivity index is 3.39. The van der Waals surface area contributed by atoms with Gasteiger partial charge in [-0.3, -0.25) is 0 Å². The van der Waals surface area contributed by atoms with Gasteiger partial charge < -0.3 is 10.8 Å². The molecular formula is C12H18ClNO. The number of aromatic hydroxyl groups is 1. The molecule has 0 amide bonds. The molecular weight excluding hydrogens is 210 g/mol. The molecule has 84 valence electrons. The lowest BCUT2D eigenvalue weighted by Crippen LogP contribution is -2.19. The highest BCUT2D eigenvalue weighted by Gasteiger charge is 2.16. The monoisotopic (exact) mass is 227 g/mol. The Morgan fingerprint density at radius 2 is 1.73 bits per heavy atom. The van der Waals surface area contributed by atoms with Crippen LogP contribution < -0.4 is 5.73 Å². The van der Waals surface area contributed by atoms with Gasteiger partial charge in [-0.05, 0) is 50.8 Å². The van der Waals surface area contributed by atoms with E-state index in [0.717, 1.165) is 27.3 Å². The zero-order valence-corrected chi connectivity index (χ0v) is 10.4. The number of rotatable bonds is 2. The van der Waals surface area contributed by atoms with Gasteiger partial charge in [-0.2, -0.15) is 0 Å². The van der Waals surface area contributed by atoms with Crippen molar-refractivity contribution in [2.24, 2.45) is 5.73 Å². The van der Waals surface area contributed by atoms with Gasteiger partial charge in [0.1, 0.15) is 5.75 Å². The van der Waals surface area contributed by atoms with Crippen LogP contribution >= 0.6 is 11.6 Å². The molecule has 2 nitrogen and oxygen atoms in total. The van der Waals surface area contributed by atoms with Crippen molar-refractivity contribution in [1.82, 2.24) is 0 Å². The molecule has 1 atom stereocenters. The Labute approximate surface area is 96.1 Å². The number of benzene rings is 1. The molecule has 0 heterocycles. The average Bonchev–Trinajstić information content (AvgIpc) is 2.18. The Bertz CT molecular complexity index is 357. The van der Waals surface area contributed by atoms with Gasteiger partial charge >= 0.3 is 0 Å². The number of hydrogen-bond donors (Lipinski definition) is 2. The summed E-state index contributed by atoms with van der Waals surface area (Å²) < 4.78 is 0. The third-order valence-corrected chi connectivity index (χ3v) is 3.41. The molecule has 0 saturated heterocycles. The highest BCUT2D eigenvalue weighted by atomic mass is 35.5. The Hall–Kier alpha value is -0.730. The van der Waals surface area contributed by atoms with Crippen molar-refractivity contribution < 1.29 is 5.11 Å². The second kappa shape index (κ2) is 4.42. The maximum absolute atomic E-state index is 10.0. The van der Waals surface area contributed by atoms with Crippen molar-refractivity contribution in [3.8, 4) is 5.75 Å². The number of halogens is 1. The van der Waals surface area contributed by atoms with Crippen molar-refractivity contribution in [2.45, 2.75) is 40.2 Å². The topological polar surface area (TPSA) is 46.2 Å². The molecule has 0 spiro atoms. The maximum atomic E-state index is 10.0. The molecule has 0 aromatic heterocycles. The Morgan fingerprint density at radius 3 is 2.20 bits per heavy atom. The van der Waals surface area contributed by atoms with Gasteiger partial charge in [0.15, 0.2) is 0 Å². The zero-order chi connectivity index (χ0) is 11.7. The highest BCUT2D eigenvalue weighted by molar-refractivity contribution is 6.32. The van der Waals surface area contributed by atoms with E-state index in [1.165, 1.54) is 0 Å². The first-order chi connectivity index (χ1) is 6.86. The average molecular weight is 228 g/mol. The lowest BCUT2D eigenvalue weighted by atomic mass is 9.95. The van der Waals surface area contributed by atoms with Crippen molar-refractivity contribution in [3.05, 3.63) is 27.3 Å². The molecule has 3 N–H and O–H groups in total. The van der Waals surface area contributed by atoms with Crippen LogP contribution in [0.25, 0.3) is 0 Å². The van der Waals surface area contributed by atoms with E-state index in [2.05, 4.69) is 0 Å². The molecule has 1 rings (SSSR count). The van der Waals surface area contributed by atoms with E-state index >= 15 is 0 Å². The van der Waals surface area contributed by atoms with Gasteiger partial charge in [0.2, 0.25) is 0 Å². The third-order valence-electron chi connectivity index (χ3n) is 2.84. The maximum Gasteiger partial charge on any atom is 0.122 e. The molecule has 1 aromatic rings. The van der Waals surface area contributed by atoms with Gasteiger partial charge in [0.05, 0.1) is 0 Å². The van der Waals surface area contributed by atoms with E-state index in [-0.39, 0.29) is 6.04 Å². The third kappa shape index (κ3) is 2.27. The second-order valence-corrected chi connectivity index (χ2v) is 4.58. The smallest absolute Gasteiger partial charge is 0.122 e. The first kappa shape index (κ1) is 12.3. The summed E-state index contributed by atoms with van der Waals surface area (Å²) in [5.41, 5.74) is 9.35. The van der Waals surface area contributed by atoms with Crippen LogP contribution in [0.2, 0.25) is 5.02 Å². The van der Waals surface area contributed by atoms with Gasteiger partial charge in [-0.1, -0.05) is 11.6 Å². The van der Waals surface area contributed by atoms with Gasteiger partial charge in [0, 0.05) is 16.6 Å². The first-order valence-electron chi connectivity index (χ1n) is 5.09. The zero-order valence-electron chi connectivity index (χ0n) is 9.69. The summed E-state index contributed by atoms with van der Waals surface area (Å²) in [6, 6.07) is 0.0211. The largest absolute Gasteiger partial charge is 0.507 e. The van der Waals surface area contributed by atoms with E-state index in [9.17, 15) is 5.11 Å². The number of hydrogen-bond acceptors (Lipinski definition) is 2. The summed E-state index contributed by atoms with van der Waals surface area (Å²) in [5, 5.41) is 10.8. The van der Waals surface area contributed by atoms with E-state index in [1.54, 1.807) is 0 Å². The molecule has 0 radical (unpaired) electrons. The molecule has 0 saturated carbocycles. The molecule has 15 heavy (non-hydrogen) atoms.